The molecule has 0 amide bonds. The normalized spacial score (nSPS) is 22.3. The highest BCUT2D eigenvalue weighted by atomic mass is 35.5. The van der Waals surface area contributed by atoms with E-state index in [1.165, 1.54) is 0 Å². The van der Waals surface area contributed by atoms with Gasteiger partial charge in [0.15, 0.2) is 0 Å². The zero-order valence-corrected chi connectivity index (χ0v) is 11.6. The van der Waals surface area contributed by atoms with Crippen molar-refractivity contribution in [2.24, 2.45) is 5.10 Å². The fourth-order valence-corrected chi connectivity index (χ4v) is 2.95. The molecule has 2 rings (SSSR count). The molecule has 0 aliphatic heterocycles. The zero-order valence-electron chi connectivity index (χ0n) is 10.1. The molecule has 98 valence electrons. The number of aryl methyl sites for hydroxylation is 1. The summed E-state index contributed by atoms with van der Waals surface area (Å²) in [5.74, 6) is 0. The van der Waals surface area contributed by atoms with Crippen LogP contribution < -0.4 is 4.83 Å². The van der Waals surface area contributed by atoms with Crippen LogP contribution in [0.5, 0.6) is 0 Å². The molecular formula is C12H15ClN2O2S. The fourth-order valence-electron chi connectivity index (χ4n) is 1.80. The molecule has 1 atom stereocenters. The van der Waals surface area contributed by atoms with Crippen molar-refractivity contribution >= 4 is 27.3 Å². The van der Waals surface area contributed by atoms with Crippen molar-refractivity contribution in [3.05, 3.63) is 29.8 Å². The van der Waals surface area contributed by atoms with E-state index in [4.69, 9.17) is 11.6 Å². The van der Waals surface area contributed by atoms with Gasteiger partial charge in [-0.25, -0.2) is 4.83 Å². The first-order valence-corrected chi connectivity index (χ1v) is 7.70. The van der Waals surface area contributed by atoms with Crippen molar-refractivity contribution in [1.82, 2.24) is 4.83 Å². The molecular weight excluding hydrogens is 272 g/mol. The zero-order chi connectivity index (χ0) is 13.2. The second-order valence-corrected chi connectivity index (χ2v) is 6.56. The number of rotatable bonds is 3. The minimum Gasteiger partial charge on any atom is -0.200 e. The van der Waals surface area contributed by atoms with E-state index >= 15 is 0 Å². The molecule has 0 bridgehead atoms. The Morgan fingerprint density at radius 1 is 1.33 bits per heavy atom. The highest BCUT2D eigenvalue weighted by molar-refractivity contribution is 7.89. The Hall–Kier alpha value is -1.07. The standard InChI is InChI=1S/C12H15ClN2O2S/c1-9-5-7-10(8-6-9)18(16,17)15-14-12-4-2-3-11(12)13/h5-8,11,15H,2-4H2,1H3/b14-12-. The Balaban J connectivity index is 2.15. The van der Waals surface area contributed by atoms with Crippen LogP contribution in [0.2, 0.25) is 0 Å². The molecule has 1 unspecified atom stereocenters. The largest absolute Gasteiger partial charge is 0.276 e. The van der Waals surface area contributed by atoms with Gasteiger partial charge < -0.3 is 0 Å². The van der Waals surface area contributed by atoms with Crippen LogP contribution in [0.1, 0.15) is 24.8 Å². The third-order valence-electron chi connectivity index (χ3n) is 2.89. The van der Waals surface area contributed by atoms with Crippen LogP contribution >= 0.6 is 11.6 Å². The minimum atomic E-state index is -3.58. The molecule has 1 fully saturated rings. The second-order valence-electron chi connectivity index (χ2n) is 4.37. The maximum atomic E-state index is 11.9. The number of nitrogens with one attached hydrogen (secondary N) is 1. The van der Waals surface area contributed by atoms with E-state index in [9.17, 15) is 8.42 Å². The Labute approximate surface area is 112 Å². The molecule has 6 heteroatoms. The van der Waals surface area contributed by atoms with Crippen molar-refractivity contribution in [3.63, 3.8) is 0 Å². The lowest BCUT2D eigenvalue weighted by Gasteiger charge is -2.06. The lowest BCUT2D eigenvalue weighted by Crippen LogP contribution is -2.21. The van der Waals surface area contributed by atoms with Gasteiger partial charge in [-0.15, -0.1) is 11.6 Å². The van der Waals surface area contributed by atoms with Crippen LogP contribution in [0.4, 0.5) is 0 Å². The first kappa shape index (κ1) is 13.4. The van der Waals surface area contributed by atoms with Crippen LogP contribution in [0.3, 0.4) is 0 Å². The van der Waals surface area contributed by atoms with Gasteiger partial charge in [0.25, 0.3) is 10.0 Å². The topological polar surface area (TPSA) is 58.5 Å². The van der Waals surface area contributed by atoms with E-state index in [0.29, 0.717) is 5.71 Å². The van der Waals surface area contributed by atoms with Crippen LogP contribution in [-0.2, 0) is 10.0 Å². The molecule has 1 aromatic carbocycles. The first-order chi connectivity index (χ1) is 8.49. The Kier molecular flexibility index (Phi) is 3.92. The van der Waals surface area contributed by atoms with Crippen molar-refractivity contribution < 1.29 is 8.42 Å². The van der Waals surface area contributed by atoms with Gasteiger partial charge in [0.1, 0.15) is 0 Å². The summed E-state index contributed by atoms with van der Waals surface area (Å²) in [7, 11) is -3.58. The quantitative estimate of drug-likeness (QED) is 0.685. The molecule has 1 saturated carbocycles. The molecule has 0 saturated heterocycles. The monoisotopic (exact) mass is 286 g/mol. The summed E-state index contributed by atoms with van der Waals surface area (Å²) < 4.78 is 23.9. The van der Waals surface area contributed by atoms with E-state index in [2.05, 4.69) is 9.93 Å². The predicted octanol–water partition coefficient (Wildman–Crippen LogP) is 2.42. The molecule has 1 aromatic rings. The SMILES string of the molecule is Cc1ccc(S(=O)(=O)N/N=C2/CCCC2Cl)cc1. The molecule has 0 radical (unpaired) electrons. The summed E-state index contributed by atoms with van der Waals surface area (Å²) in [6.07, 6.45) is 2.57. The van der Waals surface area contributed by atoms with E-state index in [1.54, 1.807) is 24.3 Å². The van der Waals surface area contributed by atoms with Gasteiger partial charge in [-0.05, 0) is 38.3 Å². The van der Waals surface area contributed by atoms with Crippen molar-refractivity contribution in [1.29, 1.82) is 0 Å². The summed E-state index contributed by atoms with van der Waals surface area (Å²) >= 11 is 6.01. The number of hydrogen-bond acceptors (Lipinski definition) is 3. The van der Waals surface area contributed by atoms with Gasteiger partial charge in [-0.3, -0.25) is 0 Å². The Morgan fingerprint density at radius 3 is 2.56 bits per heavy atom. The average Bonchev–Trinajstić information content (AvgIpc) is 2.73. The molecule has 1 aliphatic rings. The smallest absolute Gasteiger partial charge is 0.200 e. The van der Waals surface area contributed by atoms with E-state index in [1.807, 2.05) is 6.92 Å². The number of alkyl halides is 1. The van der Waals surface area contributed by atoms with Gasteiger partial charge in [-0.1, -0.05) is 17.7 Å². The van der Waals surface area contributed by atoms with Crippen LogP contribution in [0, 0.1) is 6.92 Å². The van der Waals surface area contributed by atoms with Gasteiger partial charge in [-0.2, -0.15) is 13.5 Å². The summed E-state index contributed by atoms with van der Waals surface area (Å²) in [5, 5.41) is 3.77. The highest BCUT2D eigenvalue weighted by Gasteiger charge is 2.21. The first-order valence-electron chi connectivity index (χ1n) is 5.78. The van der Waals surface area contributed by atoms with E-state index in [-0.39, 0.29) is 10.3 Å². The molecule has 0 heterocycles. The molecule has 0 spiro atoms. The van der Waals surface area contributed by atoms with Gasteiger partial charge >= 0.3 is 0 Å². The minimum absolute atomic E-state index is 0.147. The fraction of sp³-hybridized carbons (Fsp3) is 0.417. The van der Waals surface area contributed by atoms with Crippen molar-refractivity contribution in [3.8, 4) is 0 Å². The van der Waals surface area contributed by atoms with E-state index in [0.717, 1.165) is 24.8 Å². The van der Waals surface area contributed by atoms with E-state index < -0.39 is 10.0 Å². The van der Waals surface area contributed by atoms with Gasteiger partial charge in [0.2, 0.25) is 0 Å². The Bertz CT molecular complexity index is 552. The second kappa shape index (κ2) is 5.28. The van der Waals surface area contributed by atoms with Crippen LogP contribution in [0.25, 0.3) is 0 Å². The average molecular weight is 287 g/mol. The van der Waals surface area contributed by atoms with Crippen LogP contribution in [0.15, 0.2) is 34.3 Å². The third kappa shape index (κ3) is 3.03. The lowest BCUT2D eigenvalue weighted by molar-refractivity contribution is 0.584. The maximum absolute atomic E-state index is 11.9. The molecule has 1 aliphatic carbocycles. The Morgan fingerprint density at radius 2 is 2.00 bits per heavy atom. The molecule has 4 nitrogen and oxygen atoms in total. The summed E-state index contributed by atoms with van der Waals surface area (Å²) in [4.78, 5) is 2.45. The number of sulfonamides is 1. The maximum Gasteiger partial charge on any atom is 0.276 e. The van der Waals surface area contributed by atoms with Crippen molar-refractivity contribution in [2.45, 2.75) is 36.5 Å². The highest BCUT2D eigenvalue weighted by Crippen LogP contribution is 2.21. The number of benzene rings is 1. The number of nitrogens with zero attached hydrogens (tertiary/aromatic N) is 1. The lowest BCUT2D eigenvalue weighted by atomic mass is 10.2. The molecule has 1 N–H and O–H groups in total. The number of halogens is 1. The number of hydrogen-bond donors (Lipinski definition) is 1. The third-order valence-corrected chi connectivity index (χ3v) is 4.59. The molecule has 0 aromatic heterocycles. The predicted molar refractivity (Wildman–Crippen MR) is 72.4 cm³/mol. The van der Waals surface area contributed by atoms with Crippen LogP contribution in [-0.4, -0.2) is 19.5 Å². The molecule has 18 heavy (non-hydrogen) atoms. The summed E-state index contributed by atoms with van der Waals surface area (Å²) in [6.45, 7) is 1.90. The summed E-state index contributed by atoms with van der Waals surface area (Å²) in [6, 6.07) is 6.62. The van der Waals surface area contributed by atoms with Gasteiger partial charge in [0.05, 0.1) is 16.0 Å². The summed E-state index contributed by atoms with van der Waals surface area (Å²) in [5.41, 5.74) is 1.73. The van der Waals surface area contributed by atoms with Gasteiger partial charge in [0, 0.05) is 0 Å². The van der Waals surface area contributed by atoms with Crippen molar-refractivity contribution in [2.75, 3.05) is 0 Å². The number of hydrazone groups is 1.